The van der Waals surface area contributed by atoms with Gasteiger partial charge in [-0.2, -0.15) is 0 Å². The Kier molecular flexibility index (Phi) is 3.52. The molecular formula is C10H11ClFNO2. The van der Waals surface area contributed by atoms with E-state index in [0.29, 0.717) is 0 Å². The first-order chi connectivity index (χ1) is 6.68. The van der Waals surface area contributed by atoms with Gasteiger partial charge in [0.05, 0.1) is 5.56 Å². The second kappa shape index (κ2) is 4.49. The van der Waals surface area contributed by atoms with Crippen LogP contribution in [0.2, 0.25) is 0 Å². The van der Waals surface area contributed by atoms with Crippen LogP contribution in [-0.4, -0.2) is 17.6 Å². The van der Waals surface area contributed by atoms with Gasteiger partial charge in [-0.3, -0.25) is 0 Å². The van der Waals surface area contributed by atoms with Crippen LogP contribution in [0.3, 0.4) is 0 Å². The van der Waals surface area contributed by atoms with Crippen LogP contribution in [0.15, 0.2) is 12.1 Å². The van der Waals surface area contributed by atoms with Crippen LogP contribution in [0.25, 0.3) is 0 Å². The molecule has 1 aliphatic heterocycles. The van der Waals surface area contributed by atoms with Gasteiger partial charge < -0.3 is 10.4 Å². The van der Waals surface area contributed by atoms with Gasteiger partial charge in [0.15, 0.2) is 0 Å². The summed E-state index contributed by atoms with van der Waals surface area (Å²) >= 11 is 0. The molecule has 3 nitrogen and oxygen atoms in total. The molecule has 0 radical (unpaired) electrons. The van der Waals surface area contributed by atoms with Gasteiger partial charge >= 0.3 is 5.97 Å². The van der Waals surface area contributed by atoms with E-state index >= 15 is 0 Å². The van der Waals surface area contributed by atoms with Gasteiger partial charge in [0.1, 0.15) is 5.82 Å². The number of benzene rings is 1. The number of halogens is 2. The molecule has 0 atom stereocenters. The lowest BCUT2D eigenvalue weighted by molar-refractivity contribution is 0.0692. The summed E-state index contributed by atoms with van der Waals surface area (Å²) in [5, 5.41) is 11.7. The molecule has 2 rings (SSSR count). The first-order valence-electron chi connectivity index (χ1n) is 4.48. The van der Waals surface area contributed by atoms with Gasteiger partial charge in [0.25, 0.3) is 0 Å². The zero-order chi connectivity index (χ0) is 10.1. The van der Waals surface area contributed by atoms with Crippen molar-refractivity contribution in [3.05, 3.63) is 29.1 Å². The number of aromatic carboxylic acids is 1. The van der Waals surface area contributed by atoms with E-state index in [4.69, 9.17) is 5.11 Å². The van der Waals surface area contributed by atoms with Crippen molar-refractivity contribution in [2.24, 2.45) is 0 Å². The lowest BCUT2D eigenvalue weighted by atomic mass is 10.0. The largest absolute Gasteiger partial charge is 0.478 e. The molecule has 1 aromatic rings. The number of carbonyl (C=O) groups is 1. The monoisotopic (exact) mass is 231 g/mol. The number of carboxylic acid groups (broad SMARTS) is 1. The minimum atomic E-state index is -1.21. The average Bonchev–Trinajstić information content (AvgIpc) is 2.16. The minimum absolute atomic E-state index is 0. The maximum absolute atomic E-state index is 13.2. The number of nitrogens with one attached hydrogen (secondary N) is 1. The Hall–Kier alpha value is -1.29. The second-order valence-corrected chi connectivity index (χ2v) is 3.32. The molecule has 2 N–H and O–H groups in total. The van der Waals surface area contributed by atoms with E-state index < -0.39 is 11.8 Å². The van der Waals surface area contributed by atoms with E-state index in [9.17, 15) is 9.18 Å². The zero-order valence-electron chi connectivity index (χ0n) is 7.92. The van der Waals surface area contributed by atoms with Crippen LogP contribution in [-0.2, 0) is 6.42 Å². The van der Waals surface area contributed by atoms with Crippen molar-refractivity contribution < 1.29 is 14.3 Å². The van der Waals surface area contributed by atoms with Crippen molar-refractivity contribution in [2.75, 3.05) is 11.9 Å². The van der Waals surface area contributed by atoms with E-state index in [1.54, 1.807) is 0 Å². The Balaban J connectivity index is 0.00000112. The maximum atomic E-state index is 13.2. The molecule has 82 valence electrons. The topological polar surface area (TPSA) is 49.3 Å². The SMILES string of the molecule is Cl.O=C(O)c1cc2c(cc1F)NCCC2. The summed E-state index contributed by atoms with van der Waals surface area (Å²) in [5.74, 6) is -1.89. The summed E-state index contributed by atoms with van der Waals surface area (Å²) in [6.07, 6.45) is 1.76. The molecule has 0 bridgehead atoms. The van der Waals surface area contributed by atoms with Gasteiger partial charge in [-0.15, -0.1) is 12.4 Å². The Morgan fingerprint density at radius 1 is 1.47 bits per heavy atom. The molecule has 0 aromatic heterocycles. The molecule has 5 heteroatoms. The predicted octanol–water partition coefficient (Wildman–Crippen LogP) is 2.30. The molecule has 1 aliphatic rings. The van der Waals surface area contributed by atoms with E-state index in [1.165, 1.54) is 12.1 Å². The number of hydrogen-bond acceptors (Lipinski definition) is 2. The van der Waals surface area contributed by atoms with Gasteiger partial charge in [-0.25, -0.2) is 9.18 Å². The van der Waals surface area contributed by atoms with Crippen molar-refractivity contribution in [3.63, 3.8) is 0 Å². The third kappa shape index (κ3) is 2.21. The molecule has 0 aliphatic carbocycles. The fourth-order valence-corrected chi connectivity index (χ4v) is 1.66. The predicted molar refractivity (Wildman–Crippen MR) is 57.4 cm³/mol. The summed E-state index contributed by atoms with van der Waals surface area (Å²) in [4.78, 5) is 10.6. The lowest BCUT2D eigenvalue weighted by Crippen LogP contribution is -2.13. The summed E-state index contributed by atoms with van der Waals surface area (Å²) in [6, 6.07) is 2.68. The highest BCUT2D eigenvalue weighted by atomic mass is 35.5. The molecule has 0 fully saturated rings. The van der Waals surface area contributed by atoms with Crippen LogP contribution < -0.4 is 5.32 Å². The Bertz CT molecular complexity index is 395. The highest BCUT2D eigenvalue weighted by Gasteiger charge is 2.16. The number of anilines is 1. The fourth-order valence-electron chi connectivity index (χ4n) is 1.66. The van der Waals surface area contributed by atoms with Crippen molar-refractivity contribution >= 4 is 24.1 Å². The molecule has 1 aromatic carbocycles. The third-order valence-corrected chi connectivity index (χ3v) is 2.36. The van der Waals surface area contributed by atoms with Crippen LogP contribution in [0, 0.1) is 5.82 Å². The molecule has 0 unspecified atom stereocenters. The molecule has 1 heterocycles. The van der Waals surface area contributed by atoms with Crippen LogP contribution in [0.5, 0.6) is 0 Å². The van der Waals surface area contributed by atoms with E-state index in [-0.39, 0.29) is 18.0 Å². The van der Waals surface area contributed by atoms with E-state index in [0.717, 1.165) is 30.6 Å². The highest BCUT2D eigenvalue weighted by Crippen LogP contribution is 2.25. The molecule has 15 heavy (non-hydrogen) atoms. The lowest BCUT2D eigenvalue weighted by Gasteiger charge is -2.18. The van der Waals surface area contributed by atoms with Crippen molar-refractivity contribution in [3.8, 4) is 0 Å². The van der Waals surface area contributed by atoms with Crippen molar-refractivity contribution in [1.29, 1.82) is 0 Å². The molecule has 0 saturated carbocycles. The van der Waals surface area contributed by atoms with Crippen LogP contribution in [0.4, 0.5) is 10.1 Å². The van der Waals surface area contributed by atoms with Gasteiger partial charge in [-0.1, -0.05) is 0 Å². The summed E-state index contributed by atoms with van der Waals surface area (Å²) < 4.78 is 13.2. The Labute approximate surface area is 92.7 Å². The summed E-state index contributed by atoms with van der Waals surface area (Å²) in [5.41, 5.74) is 1.36. The number of fused-ring (bicyclic) bond motifs is 1. The normalized spacial score (nSPS) is 13.4. The molecule has 0 amide bonds. The number of rotatable bonds is 1. The quantitative estimate of drug-likeness (QED) is 0.780. The maximum Gasteiger partial charge on any atom is 0.338 e. The van der Waals surface area contributed by atoms with Crippen LogP contribution in [0.1, 0.15) is 22.3 Å². The average molecular weight is 232 g/mol. The Morgan fingerprint density at radius 3 is 2.87 bits per heavy atom. The smallest absolute Gasteiger partial charge is 0.338 e. The van der Waals surface area contributed by atoms with Crippen molar-refractivity contribution in [1.82, 2.24) is 0 Å². The first-order valence-corrected chi connectivity index (χ1v) is 4.48. The van der Waals surface area contributed by atoms with E-state index in [2.05, 4.69) is 5.32 Å². The zero-order valence-corrected chi connectivity index (χ0v) is 8.73. The van der Waals surface area contributed by atoms with Gasteiger partial charge in [0.2, 0.25) is 0 Å². The number of aryl methyl sites for hydroxylation is 1. The highest BCUT2D eigenvalue weighted by molar-refractivity contribution is 5.89. The fraction of sp³-hybridized carbons (Fsp3) is 0.300. The van der Waals surface area contributed by atoms with Crippen molar-refractivity contribution in [2.45, 2.75) is 12.8 Å². The standard InChI is InChI=1S/C10H10FNO2.ClH/c11-8-5-9-6(2-1-3-12-9)4-7(8)10(13)14;/h4-5,12H,1-3H2,(H,13,14);1H. The number of hydrogen-bond donors (Lipinski definition) is 2. The summed E-state index contributed by atoms with van der Waals surface area (Å²) in [7, 11) is 0. The minimum Gasteiger partial charge on any atom is -0.478 e. The summed E-state index contributed by atoms with van der Waals surface area (Å²) in [6.45, 7) is 0.818. The third-order valence-electron chi connectivity index (χ3n) is 2.36. The first kappa shape index (κ1) is 11.8. The van der Waals surface area contributed by atoms with E-state index in [1.807, 2.05) is 0 Å². The Morgan fingerprint density at radius 2 is 2.20 bits per heavy atom. The molecular weight excluding hydrogens is 221 g/mol. The second-order valence-electron chi connectivity index (χ2n) is 3.32. The van der Waals surface area contributed by atoms with Gasteiger partial charge in [0, 0.05) is 12.2 Å². The number of carboxylic acids is 1. The van der Waals surface area contributed by atoms with Crippen LogP contribution >= 0.6 is 12.4 Å². The molecule has 0 saturated heterocycles. The van der Waals surface area contributed by atoms with Gasteiger partial charge in [-0.05, 0) is 30.5 Å². The molecule has 0 spiro atoms.